The van der Waals surface area contributed by atoms with Crippen LogP contribution in [-0.4, -0.2) is 30.2 Å². The first-order chi connectivity index (χ1) is 8.79. The van der Waals surface area contributed by atoms with Gasteiger partial charge >= 0.3 is 0 Å². The highest BCUT2D eigenvalue weighted by Crippen LogP contribution is 2.24. The first-order valence-electron chi connectivity index (χ1n) is 6.48. The van der Waals surface area contributed by atoms with E-state index in [0.717, 1.165) is 24.9 Å². The predicted octanol–water partition coefficient (Wildman–Crippen LogP) is 1.38. The number of carbonyl (C=O) groups is 1. The van der Waals surface area contributed by atoms with E-state index in [2.05, 4.69) is 10.6 Å². The molecule has 98 valence electrons. The maximum absolute atomic E-state index is 11.8. The summed E-state index contributed by atoms with van der Waals surface area (Å²) >= 11 is 0. The maximum Gasteiger partial charge on any atom is 0.239 e. The van der Waals surface area contributed by atoms with Crippen LogP contribution in [0.1, 0.15) is 19.3 Å². The van der Waals surface area contributed by atoms with Gasteiger partial charge in [0.15, 0.2) is 0 Å². The van der Waals surface area contributed by atoms with Crippen LogP contribution < -0.4 is 10.6 Å². The topological polar surface area (TPSA) is 61.4 Å². The van der Waals surface area contributed by atoms with Gasteiger partial charge in [-0.15, -0.1) is 0 Å². The van der Waals surface area contributed by atoms with Crippen molar-refractivity contribution in [2.24, 2.45) is 5.92 Å². The zero-order chi connectivity index (χ0) is 12.8. The van der Waals surface area contributed by atoms with Crippen LogP contribution in [0.15, 0.2) is 30.3 Å². The molecule has 4 heteroatoms. The molecule has 1 aromatic carbocycles. The van der Waals surface area contributed by atoms with Gasteiger partial charge in [-0.3, -0.25) is 4.79 Å². The molecular formula is C14H20N2O2. The number of benzene rings is 1. The standard InChI is InChI=1S/C14H20N2O2/c17-10-11-5-4-8-13(11)16-14(18)9-15-12-6-2-1-3-7-12/h1-3,6-7,11,13,15,17H,4-5,8-10H2,(H,16,18). The number of hydrogen-bond acceptors (Lipinski definition) is 3. The van der Waals surface area contributed by atoms with E-state index in [0.29, 0.717) is 0 Å². The summed E-state index contributed by atoms with van der Waals surface area (Å²) in [5.74, 6) is 0.217. The van der Waals surface area contributed by atoms with Gasteiger partial charge in [-0.1, -0.05) is 24.6 Å². The number of nitrogens with one attached hydrogen (secondary N) is 2. The van der Waals surface area contributed by atoms with Crippen LogP contribution >= 0.6 is 0 Å². The van der Waals surface area contributed by atoms with Gasteiger partial charge in [0.05, 0.1) is 6.54 Å². The molecule has 0 aromatic heterocycles. The summed E-state index contributed by atoms with van der Waals surface area (Å²) in [6, 6.07) is 9.80. The normalized spacial score (nSPS) is 22.7. The predicted molar refractivity (Wildman–Crippen MR) is 71.3 cm³/mol. The molecule has 2 unspecified atom stereocenters. The second kappa shape index (κ2) is 6.40. The van der Waals surface area contributed by atoms with E-state index in [1.807, 2.05) is 30.3 Å². The Bertz CT molecular complexity index is 381. The molecule has 0 radical (unpaired) electrons. The van der Waals surface area contributed by atoms with Crippen LogP contribution in [0.2, 0.25) is 0 Å². The second-order valence-electron chi connectivity index (χ2n) is 4.77. The summed E-state index contributed by atoms with van der Waals surface area (Å²) in [7, 11) is 0. The largest absolute Gasteiger partial charge is 0.396 e. The van der Waals surface area contributed by atoms with Crippen molar-refractivity contribution in [3.8, 4) is 0 Å². The van der Waals surface area contributed by atoms with Crippen molar-refractivity contribution < 1.29 is 9.90 Å². The Morgan fingerprint density at radius 2 is 2.06 bits per heavy atom. The highest BCUT2D eigenvalue weighted by molar-refractivity contribution is 5.81. The van der Waals surface area contributed by atoms with Crippen LogP contribution in [0, 0.1) is 5.92 Å². The van der Waals surface area contributed by atoms with E-state index < -0.39 is 0 Å². The number of hydrogen-bond donors (Lipinski definition) is 3. The Kier molecular flexibility index (Phi) is 4.59. The van der Waals surface area contributed by atoms with Crippen LogP contribution in [0.5, 0.6) is 0 Å². The molecule has 1 aliphatic carbocycles. The van der Waals surface area contributed by atoms with E-state index in [9.17, 15) is 9.90 Å². The third-order valence-electron chi connectivity index (χ3n) is 3.47. The van der Waals surface area contributed by atoms with Gasteiger partial charge in [0.2, 0.25) is 5.91 Å². The van der Waals surface area contributed by atoms with Gasteiger partial charge in [-0.2, -0.15) is 0 Å². The zero-order valence-electron chi connectivity index (χ0n) is 10.4. The first kappa shape index (κ1) is 12.9. The molecule has 1 fully saturated rings. The van der Waals surface area contributed by atoms with Gasteiger partial charge < -0.3 is 15.7 Å². The molecule has 2 rings (SSSR count). The third-order valence-corrected chi connectivity index (χ3v) is 3.47. The van der Waals surface area contributed by atoms with E-state index in [1.165, 1.54) is 0 Å². The van der Waals surface area contributed by atoms with Crippen molar-refractivity contribution >= 4 is 11.6 Å². The number of aliphatic hydroxyl groups excluding tert-OH is 1. The molecule has 2 atom stereocenters. The molecule has 1 saturated carbocycles. The molecule has 18 heavy (non-hydrogen) atoms. The van der Waals surface area contributed by atoms with Crippen molar-refractivity contribution in [2.75, 3.05) is 18.5 Å². The highest BCUT2D eigenvalue weighted by atomic mass is 16.3. The molecule has 4 nitrogen and oxygen atoms in total. The van der Waals surface area contributed by atoms with Crippen molar-refractivity contribution in [3.05, 3.63) is 30.3 Å². The Morgan fingerprint density at radius 1 is 1.28 bits per heavy atom. The second-order valence-corrected chi connectivity index (χ2v) is 4.77. The number of amides is 1. The molecule has 1 aliphatic rings. The number of rotatable bonds is 5. The third kappa shape index (κ3) is 3.47. The summed E-state index contributed by atoms with van der Waals surface area (Å²) in [6.45, 7) is 0.440. The summed E-state index contributed by atoms with van der Waals surface area (Å²) in [5.41, 5.74) is 0.942. The lowest BCUT2D eigenvalue weighted by atomic mass is 10.1. The van der Waals surface area contributed by atoms with Gasteiger partial charge in [-0.05, 0) is 25.0 Å². The molecule has 3 N–H and O–H groups in total. The fourth-order valence-electron chi connectivity index (χ4n) is 2.44. The summed E-state index contributed by atoms with van der Waals surface area (Å²) in [6.07, 6.45) is 3.07. The lowest BCUT2D eigenvalue weighted by molar-refractivity contribution is -0.120. The number of carbonyl (C=O) groups excluding carboxylic acids is 1. The maximum atomic E-state index is 11.8. The molecular weight excluding hydrogens is 228 g/mol. The minimum atomic E-state index is -0.01000. The average molecular weight is 248 g/mol. The van der Waals surface area contributed by atoms with Gasteiger partial charge in [0.25, 0.3) is 0 Å². The Balaban J connectivity index is 1.75. The fourth-order valence-corrected chi connectivity index (χ4v) is 2.44. The van der Waals surface area contributed by atoms with Crippen molar-refractivity contribution in [2.45, 2.75) is 25.3 Å². The SMILES string of the molecule is O=C(CNc1ccccc1)NC1CCCC1CO. The molecule has 1 amide bonds. The smallest absolute Gasteiger partial charge is 0.239 e. The molecule has 0 aliphatic heterocycles. The Labute approximate surface area is 107 Å². The number of para-hydroxylation sites is 1. The molecule has 1 aromatic rings. The highest BCUT2D eigenvalue weighted by Gasteiger charge is 2.27. The lowest BCUT2D eigenvalue weighted by Gasteiger charge is -2.19. The monoisotopic (exact) mass is 248 g/mol. The summed E-state index contributed by atoms with van der Waals surface area (Å²) in [5, 5.41) is 15.3. The van der Waals surface area contributed by atoms with E-state index in [-0.39, 0.29) is 31.0 Å². The number of aliphatic hydroxyl groups is 1. The van der Waals surface area contributed by atoms with Crippen LogP contribution in [0.4, 0.5) is 5.69 Å². The minimum Gasteiger partial charge on any atom is -0.396 e. The molecule has 0 saturated heterocycles. The van der Waals surface area contributed by atoms with E-state index in [1.54, 1.807) is 0 Å². The molecule has 0 spiro atoms. The molecule has 0 bridgehead atoms. The van der Waals surface area contributed by atoms with Crippen molar-refractivity contribution in [3.63, 3.8) is 0 Å². The van der Waals surface area contributed by atoms with Crippen molar-refractivity contribution in [1.29, 1.82) is 0 Å². The fraction of sp³-hybridized carbons (Fsp3) is 0.500. The Morgan fingerprint density at radius 3 is 2.78 bits per heavy atom. The summed E-state index contributed by atoms with van der Waals surface area (Å²) in [4.78, 5) is 11.8. The molecule has 0 heterocycles. The Hall–Kier alpha value is -1.55. The van der Waals surface area contributed by atoms with Crippen LogP contribution in [0.25, 0.3) is 0 Å². The first-order valence-corrected chi connectivity index (χ1v) is 6.48. The minimum absolute atomic E-state index is 0.01000. The van der Waals surface area contributed by atoms with Gasteiger partial charge in [-0.25, -0.2) is 0 Å². The quantitative estimate of drug-likeness (QED) is 0.737. The average Bonchev–Trinajstić information content (AvgIpc) is 2.85. The lowest BCUT2D eigenvalue weighted by Crippen LogP contribution is -2.41. The van der Waals surface area contributed by atoms with E-state index in [4.69, 9.17) is 0 Å². The summed E-state index contributed by atoms with van der Waals surface area (Å²) < 4.78 is 0. The zero-order valence-corrected chi connectivity index (χ0v) is 10.4. The van der Waals surface area contributed by atoms with Crippen LogP contribution in [-0.2, 0) is 4.79 Å². The van der Waals surface area contributed by atoms with Gasteiger partial charge in [0, 0.05) is 24.3 Å². The van der Waals surface area contributed by atoms with Crippen LogP contribution in [0.3, 0.4) is 0 Å². The number of anilines is 1. The van der Waals surface area contributed by atoms with E-state index >= 15 is 0 Å². The van der Waals surface area contributed by atoms with Gasteiger partial charge in [0.1, 0.15) is 0 Å². The van der Waals surface area contributed by atoms with Crippen molar-refractivity contribution in [1.82, 2.24) is 5.32 Å².